The molecule has 1 aliphatic heterocycles. The number of para-hydroxylation sites is 2. The summed E-state index contributed by atoms with van der Waals surface area (Å²) in [5.74, 6) is 0. The zero-order valence-electron chi connectivity index (χ0n) is 10.2. The van der Waals surface area contributed by atoms with Gasteiger partial charge in [0.25, 0.3) is 0 Å². The number of nitrogens with one attached hydrogen (secondary N) is 2. The molecule has 0 amide bonds. The number of rotatable bonds is 1. The van der Waals surface area contributed by atoms with Crippen molar-refractivity contribution in [2.75, 3.05) is 22.9 Å². The fourth-order valence-corrected chi connectivity index (χ4v) is 2.35. The average Bonchev–Trinajstić information content (AvgIpc) is 2.61. The first-order valence-corrected chi connectivity index (χ1v) is 6.28. The van der Waals surface area contributed by atoms with E-state index in [4.69, 9.17) is 5.73 Å². The molecule has 4 N–H and O–H groups in total. The van der Waals surface area contributed by atoms with Gasteiger partial charge in [0.05, 0.1) is 17.4 Å². The normalized spacial score (nSPS) is 18.1. The lowest BCUT2D eigenvalue weighted by Gasteiger charge is -2.18. The predicted octanol–water partition coefficient (Wildman–Crippen LogP) is 3.24. The summed E-state index contributed by atoms with van der Waals surface area (Å²) in [5, 5.41) is 7.04. The van der Waals surface area contributed by atoms with Crippen molar-refractivity contribution in [1.29, 1.82) is 0 Å². The van der Waals surface area contributed by atoms with E-state index in [1.54, 1.807) is 0 Å². The maximum atomic E-state index is 5.73. The fourth-order valence-electron chi connectivity index (χ4n) is 2.35. The van der Waals surface area contributed by atoms with Crippen molar-refractivity contribution in [2.45, 2.75) is 12.5 Å². The first-order chi connectivity index (χ1) is 8.83. The monoisotopic (exact) mass is 239 g/mol. The lowest BCUT2D eigenvalue weighted by molar-refractivity contribution is 0.732. The molecule has 3 nitrogen and oxygen atoms in total. The van der Waals surface area contributed by atoms with Crippen LogP contribution in [0.1, 0.15) is 18.0 Å². The van der Waals surface area contributed by atoms with Gasteiger partial charge in [-0.25, -0.2) is 0 Å². The van der Waals surface area contributed by atoms with Gasteiger partial charge in [-0.05, 0) is 36.2 Å². The minimum atomic E-state index is 0.335. The smallest absolute Gasteiger partial charge is 0.0580 e. The molecule has 0 saturated carbocycles. The van der Waals surface area contributed by atoms with Gasteiger partial charge in [0.2, 0.25) is 0 Å². The van der Waals surface area contributed by atoms with Crippen molar-refractivity contribution >= 4 is 17.1 Å². The summed E-state index contributed by atoms with van der Waals surface area (Å²) >= 11 is 0. The van der Waals surface area contributed by atoms with Crippen LogP contribution in [0.5, 0.6) is 0 Å². The van der Waals surface area contributed by atoms with Crippen LogP contribution in [-0.2, 0) is 0 Å². The average molecular weight is 239 g/mol. The molecule has 0 spiro atoms. The molecule has 0 aromatic heterocycles. The van der Waals surface area contributed by atoms with E-state index in [9.17, 15) is 0 Å². The summed E-state index contributed by atoms with van der Waals surface area (Å²) in [4.78, 5) is 0. The molecule has 0 unspecified atom stereocenters. The fraction of sp³-hybridized carbons (Fsp3) is 0.200. The molecule has 3 rings (SSSR count). The number of nitrogen functional groups attached to an aromatic ring is 1. The van der Waals surface area contributed by atoms with Crippen molar-refractivity contribution in [2.24, 2.45) is 0 Å². The van der Waals surface area contributed by atoms with E-state index in [-0.39, 0.29) is 0 Å². The summed E-state index contributed by atoms with van der Waals surface area (Å²) in [7, 11) is 0. The number of hydrogen-bond donors (Lipinski definition) is 3. The molecule has 1 heterocycles. The second kappa shape index (κ2) is 4.61. The molecule has 18 heavy (non-hydrogen) atoms. The van der Waals surface area contributed by atoms with Crippen LogP contribution in [0.2, 0.25) is 0 Å². The van der Waals surface area contributed by atoms with Crippen molar-refractivity contribution in [3.8, 4) is 0 Å². The second-order valence-electron chi connectivity index (χ2n) is 4.62. The Balaban J connectivity index is 1.89. The van der Waals surface area contributed by atoms with Gasteiger partial charge in [-0.15, -0.1) is 0 Å². The zero-order valence-corrected chi connectivity index (χ0v) is 10.2. The van der Waals surface area contributed by atoms with E-state index in [1.165, 1.54) is 11.3 Å². The van der Waals surface area contributed by atoms with E-state index >= 15 is 0 Å². The summed E-state index contributed by atoms with van der Waals surface area (Å²) in [5.41, 5.74) is 10.2. The maximum Gasteiger partial charge on any atom is 0.0580 e. The Morgan fingerprint density at radius 2 is 1.67 bits per heavy atom. The van der Waals surface area contributed by atoms with Crippen LogP contribution < -0.4 is 16.4 Å². The van der Waals surface area contributed by atoms with Crippen LogP contribution in [0.3, 0.4) is 0 Å². The number of hydrogen-bond acceptors (Lipinski definition) is 3. The highest BCUT2D eigenvalue weighted by atomic mass is 15.0. The van der Waals surface area contributed by atoms with E-state index in [2.05, 4.69) is 47.0 Å². The maximum absolute atomic E-state index is 5.73. The van der Waals surface area contributed by atoms with Gasteiger partial charge in [0.15, 0.2) is 0 Å². The molecule has 2 aromatic rings. The molecule has 0 radical (unpaired) electrons. The minimum Gasteiger partial charge on any atom is -0.399 e. The highest BCUT2D eigenvalue weighted by Crippen LogP contribution is 2.31. The molecule has 1 atom stereocenters. The highest BCUT2D eigenvalue weighted by molar-refractivity contribution is 5.70. The third kappa shape index (κ3) is 2.12. The third-order valence-electron chi connectivity index (χ3n) is 3.34. The summed E-state index contributed by atoms with van der Waals surface area (Å²) < 4.78 is 0. The Hall–Kier alpha value is -2.16. The first kappa shape index (κ1) is 11.0. The van der Waals surface area contributed by atoms with Crippen LogP contribution in [0.15, 0.2) is 48.5 Å². The van der Waals surface area contributed by atoms with Gasteiger partial charge >= 0.3 is 0 Å². The Labute approximate surface area is 107 Å². The number of benzene rings is 2. The molecule has 0 bridgehead atoms. The summed E-state index contributed by atoms with van der Waals surface area (Å²) in [6.07, 6.45) is 1.05. The standard InChI is InChI=1S/C15H17N3/c16-12-7-5-11(6-8-12)13-9-10-17-14-3-1-2-4-15(14)18-13/h1-8,13,17-18H,9-10,16H2/t13-/m1/s1. The largest absolute Gasteiger partial charge is 0.399 e. The van der Waals surface area contributed by atoms with E-state index in [0.29, 0.717) is 6.04 Å². The van der Waals surface area contributed by atoms with Crippen molar-refractivity contribution in [3.05, 3.63) is 54.1 Å². The Kier molecular flexibility index (Phi) is 2.81. The third-order valence-corrected chi connectivity index (χ3v) is 3.34. The first-order valence-electron chi connectivity index (χ1n) is 6.28. The van der Waals surface area contributed by atoms with Crippen molar-refractivity contribution in [1.82, 2.24) is 0 Å². The van der Waals surface area contributed by atoms with E-state index < -0.39 is 0 Å². The Morgan fingerprint density at radius 3 is 2.44 bits per heavy atom. The number of nitrogens with two attached hydrogens (primary N) is 1. The van der Waals surface area contributed by atoms with Crippen molar-refractivity contribution < 1.29 is 0 Å². The predicted molar refractivity (Wildman–Crippen MR) is 76.8 cm³/mol. The van der Waals surface area contributed by atoms with Gasteiger partial charge in [-0.1, -0.05) is 24.3 Å². The lowest BCUT2D eigenvalue weighted by atomic mass is 10.0. The van der Waals surface area contributed by atoms with Crippen LogP contribution in [0, 0.1) is 0 Å². The second-order valence-corrected chi connectivity index (χ2v) is 4.62. The Bertz CT molecular complexity index is 534. The van der Waals surface area contributed by atoms with Gasteiger partial charge in [0.1, 0.15) is 0 Å². The van der Waals surface area contributed by atoms with Crippen LogP contribution >= 0.6 is 0 Å². The minimum absolute atomic E-state index is 0.335. The van der Waals surface area contributed by atoms with Crippen LogP contribution in [0.25, 0.3) is 0 Å². The molecule has 0 aliphatic carbocycles. The van der Waals surface area contributed by atoms with Gasteiger partial charge in [0, 0.05) is 12.2 Å². The Morgan fingerprint density at radius 1 is 0.944 bits per heavy atom. The molecule has 92 valence electrons. The molecular formula is C15H17N3. The molecule has 3 heteroatoms. The molecule has 1 aliphatic rings. The molecule has 2 aromatic carbocycles. The molecular weight excluding hydrogens is 222 g/mol. The number of fused-ring (bicyclic) bond motifs is 1. The molecule has 0 saturated heterocycles. The van der Waals surface area contributed by atoms with Crippen LogP contribution in [-0.4, -0.2) is 6.54 Å². The number of anilines is 3. The van der Waals surface area contributed by atoms with E-state index in [1.807, 2.05) is 12.1 Å². The summed E-state index contributed by atoms with van der Waals surface area (Å²) in [6.45, 7) is 0.971. The SMILES string of the molecule is Nc1ccc([C@H]2CCNc3ccccc3N2)cc1. The van der Waals surface area contributed by atoms with Gasteiger partial charge < -0.3 is 16.4 Å². The lowest BCUT2D eigenvalue weighted by Crippen LogP contribution is -2.11. The van der Waals surface area contributed by atoms with E-state index in [0.717, 1.165) is 24.3 Å². The summed E-state index contributed by atoms with van der Waals surface area (Å²) in [6, 6.07) is 16.8. The molecule has 0 fully saturated rings. The van der Waals surface area contributed by atoms with Crippen molar-refractivity contribution in [3.63, 3.8) is 0 Å². The highest BCUT2D eigenvalue weighted by Gasteiger charge is 2.16. The van der Waals surface area contributed by atoms with Crippen LogP contribution in [0.4, 0.5) is 17.1 Å². The van der Waals surface area contributed by atoms with Gasteiger partial charge in [-0.3, -0.25) is 0 Å². The topological polar surface area (TPSA) is 50.1 Å². The zero-order chi connectivity index (χ0) is 12.4. The quantitative estimate of drug-likeness (QED) is 0.670. The van der Waals surface area contributed by atoms with Gasteiger partial charge in [-0.2, -0.15) is 0 Å².